The Morgan fingerprint density at radius 3 is 2.81 bits per heavy atom. The van der Waals surface area contributed by atoms with Crippen molar-refractivity contribution < 1.29 is 4.79 Å². The van der Waals surface area contributed by atoms with Gasteiger partial charge in [-0.2, -0.15) is 0 Å². The molecular weight excluding hydrogens is 200 g/mol. The third kappa shape index (κ3) is 3.12. The number of nitrogens with zero attached hydrogens (tertiary/aromatic N) is 1. The quantitative estimate of drug-likeness (QED) is 0.468. The summed E-state index contributed by atoms with van der Waals surface area (Å²) in [5.74, 6) is -0.0258. The number of nitrogens with two attached hydrogens (primary N) is 1. The van der Waals surface area contributed by atoms with E-state index in [0.29, 0.717) is 11.3 Å². The first-order valence-corrected chi connectivity index (χ1v) is 5.37. The molecule has 0 aliphatic rings. The van der Waals surface area contributed by atoms with Crippen LogP contribution in [-0.2, 0) is 0 Å². The van der Waals surface area contributed by atoms with Gasteiger partial charge < -0.3 is 10.6 Å². The summed E-state index contributed by atoms with van der Waals surface area (Å²) in [6.07, 6.45) is 3.70. The lowest BCUT2D eigenvalue weighted by Crippen LogP contribution is -2.28. The Morgan fingerprint density at radius 1 is 1.50 bits per heavy atom. The highest BCUT2D eigenvalue weighted by Crippen LogP contribution is 2.12. The Morgan fingerprint density at radius 2 is 2.19 bits per heavy atom. The lowest BCUT2D eigenvalue weighted by Gasteiger charge is -2.17. The van der Waals surface area contributed by atoms with Crippen molar-refractivity contribution in [2.45, 2.75) is 12.8 Å². The van der Waals surface area contributed by atoms with E-state index >= 15 is 0 Å². The van der Waals surface area contributed by atoms with Crippen LogP contribution >= 0.6 is 0 Å². The average Bonchev–Trinajstić information content (AvgIpc) is 2.29. The number of allylic oxidation sites excluding steroid dienone is 1. The van der Waals surface area contributed by atoms with E-state index in [0.717, 1.165) is 19.4 Å². The van der Waals surface area contributed by atoms with E-state index in [1.165, 1.54) is 0 Å². The molecule has 0 radical (unpaired) electrons. The van der Waals surface area contributed by atoms with Crippen LogP contribution in [0.5, 0.6) is 0 Å². The van der Waals surface area contributed by atoms with Gasteiger partial charge >= 0.3 is 0 Å². The number of hydrogen-bond acceptors (Lipinski definition) is 2. The summed E-state index contributed by atoms with van der Waals surface area (Å²) >= 11 is 0. The second-order valence-corrected chi connectivity index (χ2v) is 3.74. The topological polar surface area (TPSA) is 46.3 Å². The molecule has 0 atom stereocenters. The van der Waals surface area contributed by atoms with E-state index in [4.69, 9.17) is 5.73 Å². The number of para-hydroxylation sites is 1. The van der Waals surface area contributed by atoms with E-state index in [-0.39, 0.29) is 5.91 Å². The van der Waals surface area contributed by atoms with Crippen LogP contribution in [0.25, 0.3) is 0 Å². The Labute approximate surface area is 96.6 Å². The molecule has 2 N–H and O–H groups in total. The highest BCUT2D eigenvalue weighted by molar-refractivity contribution is 5.98. The zero-order chi connectivity index (χ0) is 12.0. The molecular formula is C13H18N2O. The van der Waals surface area contributed by atoms with E-state index in [1.807, 2.05) is 18.2 Å². The molecule has 0 aromatic heterocycles. The van der Waals surface area contributed by atoms with E-state index in [2.05, 4.69) is 6.58 Å². The molecule has 1 aromatic rings. The lowest BCUT2D eigenvalue weighted by molar-refractivity contribution is 0.0795. The van der Waals surface area contributed by atoms with Gasteiger partial charge in [-0.05, 0) is 25.0 Å². The fourth-order valence-electron chi connectivity index (χ4n) is 1.47. The fourth-order valence-corrected chi connectivity index (χ4v) is 1.47. The van der Waals surface area contributed by atoms with Crippen LogP contribution < -0.4 is 5.73 Å². The third-order valence-electron chi connectivity index (χ3n) is 2.44. The van der Waals surface area contributed by atoms with Crippen molar-refractivity contribution in [1.29, 1.82) is 0 Å². The molecule has 0 heterocycles. The summed E-state index contributed by atoms with van der Waals surface area (Å²) in [6.45, 7) is 4.37. The largest absolute Gasteiger partial charge is 0.398 e. The number of anilines is 1. The smallest absolute Gasteiger partial charge is 0.255 e. The summed E-state index contributed by atoms with van der Waals surface area (Å²) in [4.78, 5) is 13.7. The molecule has 1 amide bonds. The lowest BCUT2D eigenvalue weighted by atomic mass is 10.1. The standard InChI is InChI=1S/C13H18N2O/c1-3-4-7-10-15(2)13(16)11-8-5-6-9-12(11)14/h3,5-6,8-9H,1,4,7,10,14H2,2H3. The highest BCUT2D eigenvalue weighted by Gasteiger charge is 2.13. The van der Waals surface area contributed by atoms with Crippen molar-refractivity contribution in [3.05, 3.63) is 42.5 Å². The molecule has 3 heteroatoms. The van der Waals surface area contributed by atoms with Crippen molar-refractivity contribution in [1.82, 2.24) is 4.90 Å². The minimum absolute atomic E-state index is 0.0258. The average molecular weight is 218 g/mol. The zero-order valence-corrected chi connectivity index (χ0v) is 9.65. The predicted molar refractivity (Wildman–Crippen MR) is 67.2 cm³/mol. The van der Waals surface area contributed by atoms with Crippen LogP contribution in [0.2, 0.25) is 0 Å². The Kier molecular flexibility index (Phi) is 4.58. The van der Waals surface area contributed by atoms with Crippen molar-refractivity contribution >= 4 is 11.6 Å². The Hall–Kier alpha value is -1.77. The van der Waals surface area contributed by atoms with Crippen molar-refractivity contribution in [2.24, 2.45) is 0 Å². The van der Waals surface area contributed by atoms with Gasteiger partial charge in [0.15, 0.2) is 0 Å². The number of carbonyl (C=O) groups is 1. The van der Waals surface area contributed by atoms with E-state index in [9.17, 15) is 4.79 Å². The van der Waals surface area contributed by atoms with Gasteiger partial charge in [0.2, 0.25) is 0 Å². The first kappa shape index (κ1) is 12.3. The number of unbranched alkanes of at least 4 members (excludes halogenated alkanes) is 1. The van der Waals surface area contributed by atoms with E-state index in [1.54, 1.807) is 24.1 Å². The summed E-state index contributed by atoms with van der Waals surface area (Å²) in [5, 5.41) is 0. The van der Waals surface area contributed by atoms with Crippen molar-refractivity contribution in [3.63, 3.8) is 0 Å². The molecule has 16 heavy (non-hydrogen) atoms. The maximum absolute atomic E-state index is 12.0. The molecule has 0 aliphatic carbocycles. The van der Waals surface area contributed by atoms with Crippen LogP contribution in [0, 0.1) is 0 Å². The second-order valence-electron chi connectivity index (χ2n) is 3.74. The molecule has 0 unspecified atom stereocenters. The minimum atomic E-state index is -0.0258. The summed E-state index contributed by atoms with van der Waals surface area (Å²) in [6, 6.07) is 7.14. The third-order valence-corrected chi connectivity index (χ3v) is 2.44. The molecule has 0 bridgehead atoms. The number of rotatable bonds is 5. The first-order valence-electron chi connectivity index (χ1n) is 5.37. The zero-order valence-electron chi connectivity index (χ0n) is 9.65. The summed E-state index contributed by atoms with van der Waals surface area (Å²) in [5.41, 5.74) is 6.85. The van der Waals surface area contributed by atoms with Crippen molar-refractivity contribution in [3.8, 4) is 0 Å². The molecule has 86 valence electrons. The minimum Gasteiger partial charge on any atom is -0.398 e. The number of nitrogen functional groups attached to an aromatic ring is 1. The highest BCUT2D eigenvalue weighted by atomic mass is 16.2. The normalized spacial score (nSPS) is 9.81. The van der Waals surface area contributed by atoms with Crippen LogP contribution in [0.15, 0.2) is 36.9 Å². The molecule has 0 saturated heterocycles. The monoisotopic (exact) mass is 218 g/mol. The molecule has 0 spiro atoms. The van der Waals surface area contributed by atoms with Crippen LogP contribution in [-0.4, -0.2) is 24.4 Å². The maximum Gasteiger partial charge on any atom is 0.255 e. The Balaban J connectivity index is 2.63. The van der Waals surface area contributed by atoms with Crippen LogP contribution in [0.3, 0.4) is 0 Å². The van der Waals surface area contributed by atoms with Crippen LogP contribution in [0.4, 0.5) is 5.69 Å². The fraction of sp³-hybridized carbons (Fsp3) is 0.308. The van der Waals surface area contributed by atoms with Crippen molar-refractivity contribution in [2.75, 3.05) is 19.3 Å². The summed E-state index contributed by atoms with van der Waals surface area (Å²) < 4.78 is 0. The van der Waals surface area contributed by atoms with Gasteiger partial charge in [0, 0.05) is 19.3 Å². The van der Waals surface area contributed by atoms with Gasteiger partial charge in [-0.3, -0.25) is 4.79 Å². The molecule has 3 nitrogen and oxygen atoms in total. The van der Waals surface area contributed by atoms with Gasteiger partial charge in [-0.15, -0.1) is 6.58 Å². The molecule has 0 aliphatic heterocycles. The number of carbonyl (C=O) groups excluding carboxylic acids is 1. The van der Waals surface area contributed by atoms with Gasteiger partial charge in [-0.1, -0.05) is 18.2 Å². The Bertz CT molecular complexity index is 374. The first-order chi connectivity index (χ1) is 7.66. The molecule has 0 fully saturated rings. The molecule has 1 aromatic carbocycles. The molecule has 1 rings (SSSR count). The predicted octanol–water partition coefficient (Wildman–Crippen LogP) is 2.31. The SMILES string of the molecule is C=CCCCN(C)C(=O)c1ccccc1N. The van der Waals surface area contributed by atoms with Gasteiger partial charge in [0.1, 0.15) is 0 Å². The molecule has 0 saturated carbocycles. The summed E-state index contributed by atoms with van der Waals surface area (Å²) in [7, 11) is 1.79. The second kappa shape index (κ2) is 5.95. The van der Waals surface area contributed by atoms with Gasteiger partial charge in [0.25, 0.3) is 5.91 Å². The number of hydrogen-bond donors (Lipinski definition) is 1. The number of amides is 1. The van der Waals surface area contributed by atoms with Gasteiger partial charge in [-0.25, -0.2) is 0 Å². The van der Waals surface area contributed by atoms with Crippen LogP contribution in [0.1, 0.15) is 23.2 Å². The van der Waals surface area contributed by atoms with Gasteiger partial charge in [0.05, 0.1) is 5.56 Å². The number of benzene rings is 1. The maximum atomic E-state index is 12.0. The van der Waals surface area contributed by atoms with E-state index < -0.39 is 0 Å².